The van der Waals surface area contributed by atoms with Gasteiger partial charge in [-0.1, -0.05) is 11.6 Å². The molecule has 1 aromatic carbocycles. The topological polar surface area (TPSA) is 117 Å². The number of nitrogens with one attached hydrogen (secondary N) is 3. The van der Waals surface area contributed by atoms with Crippen LogP contribution in [0.15, 0.2) is 30.6 Å². The van der Waals surface area contributed by atoms with Crippen molar-refractivity contribution in [3.63, 3.8) is 0 Å². The number of anilines is 2. The molecule has 136 valence electrons. The van der Waals surface area contributed by atoms with E-state index in [0.29, 0.717) is 16.7 Å². The first kappa shape index (κ1) is 18.1. The molecule has 0 saturated carbocycles. The second kappa shape index (κ2) is 6.89. The van der Waals surface area contributed by atoms with Crippen molar-refractivity contribution < 1.29 is 17.6 Å². The van der Waals surface area contributed by atoms with E-state index in [1.54, 1.807) is 6.07 Å². The number of carbonyl (C=O) groups is 1. The van der Waals surface area contributed by atoms with Crippen LogP contribution in [-0.2, 0) is 10.0 Å². The zero-order valence-electron chi connectivity index (χ0n) is 13.4. The Morgan fingerprint density at radius 1 is 1.35 bits per heavy atom. The Kier molecular flexibility index (Phi) is 4.79. The smallest absolute Gasteiger partial charge is 0.260 e. The zero-order valence-corrected chi connectivity index (χ0v) is 14.9. The number of sulfonamides is 1. The van der Waals surface area contributed by atoms with Gasteiger partial charge >= 0.3 is 0 Å². The summed E-state index contributed by atoms with van der Waals surface area (Å²) in [7, 11) is -3.71. The van der Waals surface area contributed by atoms with Crippen molar-refractivity contribution in [1.82, 2.24) is 15.2 Å². The van der Waals surface area contributed by atoms with Crippen LogP contribution < -0.4 is 10.0 Å². The first-order valence-electron chi connectivity index (χ1n) is 7.39. The minimum Gasteiger partial charge on any atom is -0.320 e. The molecule has 11 heteroatoms. The van der Waals surface area contributed by atoms with Crippen LogP contribution >= 0.6 is 11.6 Å². The van der Waals surface area contributed by atoms with Gasteiger partial charge in [-0.15, -0.1) is 0 Å². The van der Waals surface area contributed by atoms with E-state index < -0.39 is 27.3 Å². The number of amides is 1. The third kappa shape index (κ3) is 3.60. The Morgan fingerprint density at radius 2 is 2.12 bits per heavy atom. The summed E-state index contributed by atoms with van der Waals surface area (Å²) in [5.74, 6) is -2.15. The molecule has 0 fully saturated rings. The molecule has 3 rings (SSSR count). The summed E-state index contributed by atoms with van der Waals surface area (Å²) < 4.78 is 40.0. The molecule has 3 aromatic rings. The maximum Gasteiger partial charge on any atom is 0.260 e. The van der Waals surface area contributed by atoms with Gasteiger partial charge in [0.1, 0.15) is 0 Å². The SMILES string of the molecule is CCS(=O)(=O)Nc1ccc(Cl)c(C(=O)Nc2cnc3[nH]ncc3c2)c1F. The highest BCUT2D eigenvalue weighted by Gasteiger charge is 2.22. The third-order valence-electron chi connectivity index (χ3n) is 3.51. The molecule has 0 atom stereocenters. The van der Waals surface area contributed by atoms with Crippen LogP contribution in [0.25, 0.3) is 11.0 Å². The number of H-pyrrole nitrogens is 1. The predicted molar refractivity (Wildman–Crippen MR) is 96.3 cm³/mol. The molecule has 1 amide bonds. The molecule has 2 aromatic heterocycles. The average Bonchev–Trinajstić information content (AvgIpc) is 3.05. The lowest BCUT2D eigenvalue weighted by atomic mass is 10.1. The van der Waals surface area contributed by atoms with Crippen LogP contribution in [0, 0.1) is 5.82 Å². The van der Waals surface area contributed by atoms with Crippen LogP contribution in [0.2, 0.25) is 5.02 Å². The fraction of sp³-hybridized carbons (Fsp3) is 0.133. The van der Waals surface area contributed by atoms with Crippen molar-refractivity contribution in [3.05, 3.63) is 47.0 Å². The summed E-state index contributed by atoms with van der Waals surface area (Å²) in [4.78, 5) is 16.5. The predicted octanol–water partition coefficient (Wildman–Crippen LogP) is 2.76. The number of fused-ring (bicyclic) bond motifs is 1. The van der Waals surface area contributed by atoms with Crippen LogP contribution in [0.4, 0.5) is 15.8 Å². The molecular formula is C15H13ClFN5O3S. The number of hydrogen-bond acceptors (Lipinski definition) is 5. The lowest BCUT2D eigenvalue weighted by molar-refractivity contribution is 0.102. The van der Waals surface area contributed by atoms with E-state index in [-0.39, 0.29) is 16.5 Å². The number of nitrogens with zero attached hydrogens (tertiary/aromatic N) is 2. The Bertz CT molecular complexity index is 1100. The molecule has 8 nitrogen and oxygen atoms in total. The average molecular weight is 398 g/mol. The quantitative estimate of drug-likeness (QED) is 0.612. The van der Waals surface area contributed by atoms with Gasteiger partial charge in [0.2, 0.25) is 10.0 Å². The number of benzene rings is 1. The molecule has 0 aliphatic heterocycles. The van der Waals surface area contributed by atoms with Gasteiger partial charge in [0.15, 0.2) is 11.5 Å². The third-order valence-corrected chi connectivity index (χ3v) is 5.12. The van der Waals surface area contributed by atoms with Gasteiger partial charge in [0.25, 0.3) is 5.91 Å². The summed E-state index contributed by atoms with van der Waals surface area (Å²) in [6, 6.07) is 3.99. The lowest BCUT2D eigenvalue weighted by Crippen LogP contribution is -2.19. The van der Waals surface area contributed by atoms with Crippen LogP contribution in [0.5, 0.6) is 0 Å². The number of carbonyl (C=O) groups excluding carboxylic acids is 1. The fourth-order valence-electron chi connectivity index (χ4n) is 2.18. The Balaban J connectivity index is 1.93. The molecule has 0 unspecified atom stereocenters. The van der Waals surface area contributed by atoms with Crippen LogP contribution in [-0.4, -0.2) is 35.3 Å². The second-order valence-electron chi connectivity index (χ2n) is 5.28. The Hall–Kier alpha value is -2.72. The number of pyridine rings is 1. The van der Waals surface area contributed by atoms with Crippen molar-refractivity contribution in [2.45, 2.75) is 6.92 Å². The maximum atomic E-state index is 14.7. The molecule has 26 heavy (non-hydrogen) atoms. The minimum atomic E-state index is -3.71. The molecule has 0 aliphatic carbocycles. The van der Waals surface area contributed by atoms with Crippen molar-refractivity contribution >= 4 is 49.9 Å². The monoisotopic (exact) mass is 397 g/mol. The van der Waals surface area contributed by atoms with E-state index >= 15 is 0 Å². The van der Waals surface area contributed by atoms with Gasteiger partial charge in [-0.25, -0.2) is 17.8 Å². The van der Waals surface area contributed by atoms with E-state index in [1.807, 2.05) is 0 Å². The number of aromatic nitrogens is 3. The van der Waals surface area contributed by atoms with Crippen molar-refractivity contribution in [3.8, 4) is 0 Å². The first-order chi connectivity index (χ1) is 12.3. The normalized spacial score (nSPS) is 11.5. The number of aromatic amines is 1. The maximum absolute atomic E-state index is 14.7. The number of rotatable bonds is 5. The van der Waals surface area contributed by atoms with Crippen molar-refractivity contribution in [1.29, 1.82) is 0 Å². The first-order valence-corrected chi connectivity index (χ1v) is 9.42. The van der Waals surface area contributed by atoms with E-state index in [2.05, 4.69) is 25.2 Å². The van der Waals surface area contributed by atoms with Gasteiger partial charge in [-0.2, -0.15) is 5.10 Å². The zero-order chi connectivity index (χ0) is 18.9. The van der Waals surface area contributed by atoms with Crippen LogP contribution in [0.3, 0.4) is 0 Å². The summed E-state index contributed by atoms with van der Waals surface area (Å²) >= 11 is 5.94. The largest absolute Gasteiger partial charge is 0.320 e. The van der Waals surface area contributed by atoms with Gasteiger partial charge in [0, 0.05) is 5.39 Å². The Morgan fingerprint density at radius 3 is 2.85 bits per heavy atom. The standard InChI is InChI=1S/C15H13ClFN5O3S/c1-2-26(24,25)22-11-4-3-10(16)12(13(11)17)15(23)20-9-5-8-6-19-21-14(8)18-7-9/h3-7,22H,2H2,1H3,(H,20,23)(H,18,19,21). The van der Waals surface area contributed by atoms with Gasteiger partial charge in [-0.05, 0) is 25.1 Å². The van der Waals surface area contributed by atoms with Gasteiger partial charge in [0.05, 0.1) is 40.1 Å². The van der Waals surface area contributed by atoms with E-state index in [0.717, 1.165) is 6.07 Å². The van der Waals surface area contributed by atoms with Gasteiger partial charge in [-0.3, -0.25) is 14.6 Å². The molecular weight excluding hydrogens is 385 g/mol. The van der Waals surface area contributed by atoms with Crippen molar-refractivity contribution in [2.24, 2.45) is 0 Å². The highest BCUT2D eigenvalue weighted by Crippen LogP contribution is 2.27. The van der Waals surface area contributed by atoms with Crippen LogP contribution in [0.1, 0.15) is 17.3 Å². The summed E-state index contributed by atoms with van der Waals surface area (Å²) in [5.41, 5.74) is 0.00200. The molecule has 0 radical (unpaired) electrons. The molecule has 0 aliphatic rings. The van der Waals surface area contributed by atoms with Crippen molar-refractivity contribution in [2.75, 3.05) is 15.8 Å². The number of hydrogen-bond donors (Lipinski definition) is 3. The van der Waals surface area contributed by atoms with Gasteiger partial charge < -0.3 is 5.32 Å². The molecule has 0 saturated heterocycles. The highest BCUT2D eigenvalue weighted by molar-refractivity contribution is 7.92. The second-order valence-corrected chi connectivity index (χ2v) is 7.69. The lowest BCUT2D eigenvalue weighted by Gasteiger charge is -2.12. The molecule has 0 spiro atoms. The minimum absolute atomic E-state index is 0.156. The Labute approximate surface area is 152 Å². The molecule has 3 N–H and O–H groups in total. The molecule has 0 bridgehead atoms. The van der Waals surface area contributed by atoms with E-state index in [9.17, 15) is 17.6 Å². The summed E-state index contributed by atoms with van der Waals surface area (Å²) in [5, 5.41) is 9.46. The summed E-state index contributed by atoms with van der Waals surface area (Å²) in [6.45, 7) is 1.41. The fourth-order valence-corrected chi connectivity index (χ4v) is 3.05. The van der Waals surface area contributed by atoms with E-state index in [4.69, 9.17) is 11.6 Å². The summed E-state index contributed by atoms with van der Waals surface area (Å²) in [6.07, 6.45) is 2.89. The van der Waals surface area contributed by atoms with E-state index in [1.165, 1.54) is 25.4 Å². The number of halogens is 2. The molecule has 2 heterocycles. The highest BCUT2D eigenvalue weighted by atomic mass is 35.5.